The number of benzene rings is 3. The van der Waals surface area contributed by atoms with Crippen molar-refractivity contribution in [1.82, 2.24) is 4.98 Å². The second-order valence-electron chi connectivity index (χ2n) is 7.88. The van der Waals surface area contributed by atoms with Gasteiger partial charge >= 0.3 is 5.97 Å². The van der Waals surface area contributed by atoms with Crippen LogP contribution in [-0.2, 0) is 6.42 Å². The fourth-order valence-electron chi connectivity index (χ4n) is 3.80. The number of unbranched alkanes of at least 4 members (excludes halogenated alkanes) is 1. The van der Waals surface area contributed by atoms with E-state index in [-0.39, 0.29) is 11.4 Å². The molecule has 1 N–H and O–H groups in total. The van der Waals surface area contributed by atoms with Crippen LogP contribution in [0, 0.1) is 12.7 Å². The van der Waals surface area contributed by atoms with Gasteiger partial charge in [-0.1, -0.05) is 61.4 Å². The van der Waals surface area contributed by atoms with E-state index < -0.39 is 5.97 Å². The van der Waals surface area contributed by atoms with Crippen molar-refractivity contribution in [2.75, 3.05) is 0 Å². The van der Waals surface area contributed by atoms with Crippen LogP contribution in [0.4, 0.5) is 4.39 Å². The maximum absolute atomic E-state index is 15.0. The first-order valence-corrected chi connectivity index (χ1v) is 10.5. The Morgan fingerprint density at radius 3 is 2.39 bits per heavy atom. The Bertz CT molecular complexity index is 1260. The number of aromatic carboxylic acids is 1. The predicted molar refractivity (Wildman–Crippen MR) is 123 cm³/mol. The Morgan fingerprint density at radius 2 is 1.71 bits per heavy atom. The Labute approximate surface area is 181 Å². The van der Waals surface area contributed by atoms with Gasteiger partial charge in [-0.2, -0.15) is 0 Å². The molecule has 4 heteroatoms. The van der Waals surface area contributed by atoms with Gasteiger partial charge in [0.05, 0.1) is 16.8 Å². The molecule has 4 rings (SSSR count). The molecule has 0 fully saturated rings. The highest BCUT2D eigenvalue weighted by Crippen LogP contribution is 2.30. The number of carboxylic acids is 1. The SMILES string of the molecule is CCCCc1ccc(-c2ccc(-c3cc(C(=O)O)c4cc(C)ccc4n3)cc2F)cc1. The third kappa shape index (κ3) is 4.33. The average Bonchev–Trinajstić information content (AvgIpc) is 2.77. The number of rotatable bonds is 6. The van der Waals surface area contributed by atoms with Crippen molar-refractivity contribution in [2.24, 2.45) is 0 Å². The summed E-state index contributed by atoms with van der Waals surface area (Å²) in [6, 6.07) is 19.9. The van der Waals surface area contributed by atoms with Gasteiger partial charge in [0.15, 0.2) is 0 Å². The summed E-state index contributed by atoms with van der Waals surface area (Å²) in [5, 5.41) is 10.2. The van der Waals surface area contributed by atoms with Crippen molar-refractivity contribution < 1.29 is 14.3 Å². The lowest BCUT2D eigenvalue weighted by Gasteiger charge is -2.10. The van der Waals surface area contributed by atoms with Crippen molar-refractivity contribution in [1.29, 1.82) is 0 Å². The maximum atomic E-state index is 15.0. The van der Waals surface area contributed by atoms with E-state index in [0.29, 0.717) is 27.7 Å². The van der Waals surface area contributed by atoms with E-state index in [0.717, 1.165) is 30.4 Å². The largest absolute Gasteiger partial charge is 0.478 e. The molecule has 3 nitrogen and oxygen atoms in total. The number of hydrogen-bond donors (Lipinski definition) is 1. The predicted octanol–water partition coefficient (Wildman–Crippen LogP) is 7.06. The summed E-state index contributed by atoms with van der Waals surface area (Å²) in [5.74, 6) is -1.39. The summed E-state index contributed by atoms with van der Waals surface area (Å²) in [6.07, 6.45) is 3.31. The summed E-state index contributed by atoms with van der Waals surface area (Å²) in [5.41, 5.74) is 5.27. The van der Waals surface area contributed by atoms with Gasteiger partial charge in [0.1, 0.15) is 5.82 Å². The Kier molecular flexibility index (Phi) is 5.81. The zero-order valence-electron chi connectivity index (χ0n) is 17.7. The van der Waals surface area contributed by atoms with Gasteiger partial charge in [0, 0.05) is 16.5 Å². The number of carbonyl (C=O) groups is 1. The smallest absolute Gasteiger partial charge is 0.336 e. The molecule has 0 saturated carbocycles. The molecule has 4 aromatic rings. The molecule has 0 amide bonds. The molecule has 0 radical (unpaired) electrons. The van der Waals surface area contributed by atoms with E-state index in [2.05, 4.69) is 11.9 Å². The molecule has 31 heavy (non-hydrogen) atoms. The third-order valence-electron chi connectivity index (χ3n) is 5.54. The first kappa shape index (κ1) is 20.7. The highest BCUT2D eigenvalue weighted by molar-refractivity contribution is 6.04. The molecule has 0 spiro atoms. The topological polar surface area (TPSA) is 50.2 Å². The van der Waals surface area contributed by atoms with Crippen LogP contribution in [0.2, 0.25) is 0 Å². The Hall–Kier alpha value is -3.53. The number of fused-ring (bicyclic) bond motifs is 1. The average molecular weight is 413 g/mol. The fraction of sp³-hybridized carbons (Fsp3) is 0.185. The number of aromatic nitrogens is 1. The molecule has 0 unspecified atom stereocenters. The number of halogens is 1. The molecule has 0 saturated heterocycles. The van der Waals surface area contributed by atoms with Crippen LogP contribution in [0.3, 0.4) is 0 Å². The quantitative estimate of drug-likeness (QED) is 0.368. The zero-order valence-corrected chi connectivity index (χ0v) is 17.7. The molecule has 1 aromatic heterocycles. The normalized spacial score (nSPS) is 11.1. The second-order valence-corrected chi connectivity index (χ2v) is 7.88. The molecule has 0 aliphatic heterocycles. The number of hydrogen-bond acceptors (Lipinski definition) is 2. The lowest BCUT2D eigenvalue weighted by Crippen LogP contribution is -2.01. The number of nitrogens with zero attached hydrogens (tertiary/aromatic N) is 1. The molecule has 0 bridgehead atoms. The van der Waals surface area contributed by atoms with Crippen LogP contribution in [0.1, 0.15) is 41.3 Å². The first-order valence-electron chi connectivity index (χ1n) is 10.5. The maximum Gasteiger partial charge on any atom is 0.336 e. The van der Waals surface area contributed by atoms with E-state index in [1.54, 1.807) is 18.2 Å². The summed E-state index contributed by atoms with van der Waals surface area (Å²) in [7, 11) is 0. The van der Waals surface area contributed by atoms with Crippen LogP contribution in [0.25, 0.3) is 33.3 Å². The Balaban J connectivity index is 1.72. The molecule has 0 aliphatic rings. The van der Waals surface area contributed by atoms with Crippen molar-refractivity contribution in [3.63, 3.8) is 0 Å². The van der Waals surface area contributed by atoms with E-state index in [4.69, 9.17) is 0 Å². The van der Waals surface area contributed by atoms with E-state index in [1.807, 2.05) is 43.3 Å². The molecule has 156 valence electrons. The lowest BCUT2D eigenvalue weighted by atomic mass is 9.98. The summed E-state index contributed by atoms with van der Waals surface area (Å²) < 4.78 is 15.0. The number of pyridine rings is 1. The molecular weight excluding hydrogens is 389 g/mol. The number of aryl methyl sites for hydroxylation is 2. The van der Waals surface area contributed by atoms with Crippen molar-refractivity contribution in [2.45, 2.75) is 33.1 Å². The molecule has 0 aliphatic carbocycles. The first-order chi connectivity index (χ1) is 15.0. The van der Waals surface area contributed by atoms with E-state index in [1.165, 1.54) is 17.7 Å². The van der Waals surface area contributed by atoms with Gasteiger partial charge in [-0.25, -0.2) is 14.2 Å². The third-order valence-corrected chi connectivity index (χ3v) is 5.54. The minimum Gasteiger partial charge on any atom is -0.478 e. The van der Waals surface area contributed by atoms with Crippen molar-refractivity contribution in [3.8, 4) is 22.4 Å². The van der Waals surface area contributed by atoms with Crippen molar-refractivity contribution >= 4 is 16.9 Å². The van der Waals surface area contributed by atoms with Gasteiger partial charge in [0.2, 0.25) is 0 Å². The lowest BCUT2D eigenvalue weighted by molar-refractivity contribution is 0.0699. The van der Waals surface area contributed by atoms with Gasteiger partial charge in [-0.15, -0.1) is 0 Å². The molecular formula is C27H24FNO2. The van der Waals surface area contributed by atoms with Gasteiger partial charge in [-0.05, 0) is 55.2 Å². The van der Waals surface area contributed by atoms with Gasteiger partial charge in [0.25, 0.3) is 0 Å². The van der Waals surface area contributed by atoms with Crippen LogP contribution < -0.4 is 0 Å². The summed E-state index contributed by atoms with van der Waals surface area (Å²) in [6.45, 7) is 4.07. The second kappa shape index (κ2) is 8.68. The molecule has 0 atom stereocenters. The van der Waals surface area contributed by atoms with Crippen molar-refractivity contribution in [3.05, 3.63) is 89.2 Å². The van der Waals surface area contributed by atoms with E-state index >= 15 is 4.39 Å². The van der Waals surface area contributed by atoms with Gasteiger partial charge < -0.3 is 5.11 Å². The van der Waals surface area contributed by atoms with Crippen LogP contribution in [-0.4, -0.2) is 16.1 Å². The van der Waals surface area contributed by atoms with Gasteiger partial charge in [-0.3, -0.25) is 0 Å². The zero-order chi connectivity index (χ0) is 22.0. The summed E-state index contributed by atoms with van der Waals surface area (Å²) in [4.78, 5) is 16.4. The highest BCUT2D eigenvalue weighted by atomic mass is 19.1. The minimum atomic E-state index is -1.03. The highest BCUT2D eigenvalue weighted by Gasteiger charge is 2.15. The Morgan fingerprint density at radius 1 is 0.968 bits per heavy atom. The molecule has 1 heterocycles. The summed E-state index contributed by atoms with van der Waals surface area (Å²) >= 11 is 0. The fourth-order valence-corrected chi connectivity index (χ4v) is 3.80. The number of carboxylic acid groups (broad SMARTS) is 1. The standard InChI is InChI=1S/C27H24FNO2/c1-3-4-5-18-7-9-19(10-8-18)21-12-11-20(15-24(21)28)26-16-23(27(30)31)22-14-17(2)6-13-25(22)29-26/h6-16H,3-5H2,1-2H3,(H,30,31). The molecule has 3 aromatic carbocycles. The minimum absolute atomic E-state index is 0.163. The monoisotopic (exact) mass is 413 g/mol. The van der Waals surface area contributed by atoms with Crippen LogP contribution in [0.5, 0.6) is 0 Å². The van der Waals surface area contributed by atoms with Crippen LogP contribution >= 0.6 is 0 Å². The van der Waals surface area contributed by atoms with E-state index in [9.17, 15) is 9.90 Å². The van der Waals surface area contributed by atoms with Crippen LogP contribution in [0.15, 0.2) is 66.7 Å².